The lowest BCUT2D eigenvalue weighted by Gasteiger charge is -2.30. The molecule has 0 saturated carbocycles. The van der Waals surface area contributed by atoms with Crippen LogP contribution >= 0.6 is 0 Å². The summed E-state index contributed by atoms with van der Waals surface area (Å²) in [5.74, 6) is -1.64. The van der Waals surface area contributed by atoms with Crippen molar-refractivity contribution < 1.29 is 24.2 Å². The van der Waals surface area contributed by atoms with Crippen LogP contribution < -0.4 is 5.32 Å². The summed E-state index contributed by atoms with van der Waals surface area (Å²) in [6.07, 6.45) is -0.411. The van der Waals surface area contributed by atoms with Gasteiger partial charge in [0.1, 0.15) is 19.2 Å². The summed E-state index contributed by atoms with van der Waals surface area (Å²) in [6.45, 7) is 5.55. The summed E-state index contributed by atoms with van der Waals surface area (Å²) in [5, 5.41) is 11.9. The summed E-state index contributed by atoms with van der Waals surface area (Å²) in [7, 11) is 1.44. The second-order valence-corrected chi connectivity index (χ2v) is 9.30. The number of likely N-dealkylation sites (N-methyl/N-ethyl adjacent to an activating group) is 1. The molecule has 3 rings (SSSR count). The topological polar surface area (TPSA) is 95.9 Å². The van der Waals surface area contributed by atoms with E-state index in [4.69, 9.17) is 4.74 Å². The molecule has 0 heterocycles. The second kappa shape index (κ2) is 9.42. The monoisotopic (exact) mass is 438 g/mol. The van der Waals surface area contributed by atoms with Crippen LogP contribution in [0.3, 0.4) is 0 Å². The summed E-state index contributed by atoms with van der Waals surface area (Å²) < 4.78 is 5.42. The van der Waals surface area contributed by atoms with E-state index >= 15 is 0 Å². The Bertz CT molecular complexity index is 966. The average Bonchev–Trinajstić information content (AvgIpc) is 3.07. The molecule has 0 aliphatic heterocycles. The Morgan fingerprint density at radius 3 is 2.06 bits per heavy atom. The minimum atomic E-state index is -1.07. The molecule has 0 aromatic heterocycles. The number of carbonyl (C=O) groups excluding carboxylic acids is 2. The molecular weight excluding hydrogens is 408 g/mol. The van der Waals surface area contributed by atoms with Crippen LogP contribution in [0.1, 0.15) is 44.2 Å². The quantitative estimate of drug-likeness (QED) is 0.684. The fourth-order valence-electron chi connectivity index (χ4n) is 4.07. The van der Waals surface area contributed by atoms with Crippen molar-refractivity contribution in [3.05, 3.63) is 59.7 Å². The zero-order valence-corrected chi connectivity index (χ0v) is 18.9. The Hall–Kier alpha value is -3.35. The van der Waals surface area contributed by atoms with Gasteiger partial charge in [-0.3, -0.25) is 4.79 Å². The normalized spacial score (nSPS) is 13.6. The summed E-state index contributed by atoms with van der Waals surface area (Å²) in [6, 6.07) is 15.1. The van der Waals surface area contributed by atoms with Crippen LogP contribution in [0.5, 0.6) is 0 Å². The van der Waals surface area contributed by atoms with Gasteiger partial charge in [-0.25, -0.2) is 9.59 Å². The minimum absolute atomic E-state index is 0.0744. The molecular formula is C25H30N2O5. The van der Waals surface area contributed by atoms with Gasteiger partial charge in [0.15, 0.2) is 0 Å². The Balaban J connectivity index is 1.57. The third-order valence-electron chi connectivity index (χ3n) is 5.68. The maximum Gasteiger partial charge on any atom is 0.407 e. The van der Waals surface area contributed by atoms with Gasteiger partial charge in [0.25, 0.3) is 0 Å². The van der Waals surface area contributed by atoms with Crippen molar-refractivity contribution in [2.24, 2.45) is 5.41 Å². The van der Waals surface area contributed by atoms with Crippen molar-refractivity contribution in [2.45, 2.75) is 39.2 Å². The molecule has 2 aromatic carbocycles. The molecule has 1 atom stereocenters. The molecule has 1 aliphatic rings. The number of carboxylic acids is 1. The molecule has 0 radical (unpaired) electrons. The van der Waals surface area contributed by atoms with Gasteiger partial charge in [-0.05, 0) is 34.1 Å². The molecule has 0 fully saturated rings. The highest BCUT2D eigenvalue weighted by molar-refractivity contribution is 5.86. The van der Waals surface area contributed by atoms with E-state index in [1.165, 1.54) is 7.05 Å². The van der Waals surface area contributed by atoms with Crippen LogP contribution in [-0.4, -0.2) is 54.2 Å². The number of benzene rings is 2. The number of nitrogens with zero attached hydrogens (tertiary/aromatic N) is 1. The van der Waals surface area contributed by atoms with Crippen LogP contribution in [0, 0.1) is 5.41 Å². The highest BCUT2D eigenvalue weighted by Gasteiger charge is 2.31. The summed E-state index contributed by atoms with van der Waals surface area (Å²) in [5.41, 5.74) is 4.20. The molecule has 32 heavy (non-hydrogen) atoms. The number of hydrogen-bond acceptors (Lipinski definition) is 4. The maximum absolute atomic E-state index is 12.5. The molecule has 1 aliphatic carbocycles. The van der Waals surface area contributed by atoms with Crippen molar-refractivity contribution in [1.29, 1.82) is 0 Å². The maximum atomic E-state index is 12.5. The van der Waals surface area contributed by atoms with E-state index in [0.717, 1.165) is 27.2 Å². The van der Waals surface area contributed by atoms with Gasteiger partial charge in [-0.15, -0.1) is 0 Å². The average molecular weight is 439 g/mol. The van der Waals surface area contributed by atoms with Crippen LogP contribution in [0.2, 0.25) is 0 Å². The molecule has 2 N–H and O–H groups in total. The zero-order valence-electron chi connectivity index (χ0n) is 18.9. The van der Waals surface area contributed by atoms with Crippen molar-refractivity contribution in [1.82, 2.24) is 10.2 Å². The van der Waals surface area contributed by atoms with Crippen LogP contribution in [0.4, 0.5) is 4.79 Å². The lowest BCUT2D eigenvalue weighted by atomic mass is 9.87. The number of carbonyl (C=O) groups is 3. The molecule has 2 aromatic rings. The van der Waals surface area contributed by atoms with E-state index in [-0.39, 0.29) is 24.5 Å². The SMILES string of the molecule is CN(C(=O)CNC(=O)OCC1c2ccccc2-c2ccccc21)C(CC(C)(C)C)C(=O)O. The van der Waals surface area contributed by atoms with Crippen LogP contribution in [0.15, 0.2) is 48.5 Å². The van der Waals surface area contributed by atoms with Crippen molar-refractivity contribution >= 4 is 18.0 Å². The van der Waals surface area contributed by atoms with Crippen LogP contribution in [0.25, 0.3) is 11.1 Å². The van der Waals surface area contributed by atoms with E-state index in [1.807, 2.05) is 57.2 Å². The summed E-state index contributed by atoms with van der Waals surface area (Å²) >= 11 is 0. The molecule has 0 saturated heterocycles. The number of nitrogens with one attached hydrogen (secondary N) is 1. The number of aliphatic carboxylic acids is 1. The number of alkyl carbamates (subject to hydrolysis) is 1. The predicted octanol–water partition coefficient (Wildman–Crippen LogP) is 3.87. The molecule has 0 spiro atoms. The van der Waals surface area contributed by atoms with E-state index < -0.39 is 24.0 Å². The van der Waals surface area contributed by atoms with Gasteiger partial charge in [0, 0.05) is 13.0 Å². The van der Waals surface area contributed by atoms with E-state index in [0.29, 0.717) is 6.42 Å². The van der Waals surface area contributed by atoms with E-state index in [9.17, 15) is 19.5 Å². The van der Waals surface area contributed by atoms with Gasteiger partial charge in [0.05, 0.1) is 0 Å². The minimum Gasteiger partial charge on any atom is -0.480 e. The van der Waals surface area contributed by atoms with Gasteiger partial charge < -0.3 is 20.1 Å². The van der Waals surface area contributed by atoms with Crippen molar-refractivity contribution in [2.75, 3.05) is 20.2 Å². The van der Waals surface area contributed by atoms with Crippen molar-refractivity contribution in [3.8, 4) is 11.1 Å². The summed E-state index contributed by atoms with van der Waals surface area (Å²) in [4.78, 5) is 37.5. The van der Waals surface area contributed by atoms with E-state index in [2.05, 4.69) is 17.4 Å². The first-order chi connectivity index (χ1) is 15.1. The third-order valence-corrected chi connectivity index (χ3v) is 5.68. The van der Waals surface area contributed by atoms with Gasteiger partial charge in [-0.1, -0.05) is 69.3 Å². The molecule has 2 amide bonds. The van der Waals surface area contributed by atoms with E-state index in [1.54, 1.807) is 0 Å². The lowest BCUT2D eigenvalue weighted by molar-refractivity contribution is -0.149. The number of carboxylic acid groups (broad SMARTS) is 1. The van der Waals surface area contributed by atoms with Gasteiger partial charge in [0.2, 0.25) is 5.91 Å². The van der Waals surface area contributed by atoms with Gasteiger partial charge in [-0.2, -0.15) is 0 Å². The fraction of sp³-hybridized carbons (Fsp3) is 0.400. The first kappa shape index (κ1) is 23.3. The first-order valence-corrected chi connectivity index (χ1v) is 10.7. The lowest BCUT2D eigenvalue weighted by Crippen LogP contribution is -2.48. The highest BCUT2D eigenvalue weighted by Crippen LogP contribution is 2.44. The molecule has 7 heteroatoms. The first-order valence-electron chi connectivity index (χ1n) is 10.7. The Labute approximate surface area is 188 Å². The number of ether oxygens (including phenoxy) is 1. The van der Waals surface area contributed by atoms with Crippen molar-refractivity contribution in [3.63, 3.8) is 0 Å². The largest absolute Gasteiger partial charge is 0.480 e. The zero-order chi connectivity index (χ0) is 23.5. The number of rotatable bonds is 7. The molecule has 1 unspecified atom stereocenters. The highest BCUT2D eigenvalue weighted by atomic mass is 16.5. The molecule has 0 bridgehead atoms. The predicted molar refractivity (Wildman–Crippen MR) is 121 cm³/mol. The third kappa shape index (κ3) is 5.28. The fourth-order valence-corrected chi connectivity index (χ4v) is 4.07. The number of hydrogen-bond donors (Lipinski definition) is 2. The van der Waals surface area contributed by atoms with Crippen LogP contribution in [-0.2, 0) is 14.3 Å². The Morgan fingerprint density at radius 2 is 1.56 bits per heavy atom. The smallest absolute Gasteiger partial charge is 0.407 e. The molecule has 170 valence electrons. The Morgan fingerprint density at radius 1 is 1.03 bits per heavy atom. The molecule has 7 nitrogen and oxygen atoms in total. The number of amides is 2. The number of fused-ring (bicyclic) bond motifs is 3. The standard InChI is InChI=1S/C25H30N2O5/c1-25(2,3)13-21(23(29)30)27(4)22(28)14-26-24(31)32-15-20-18-11-7-5-9-16(18)17-10-6-8-12-19(17)20/h5-12,20-21H,13-15H2,1-4H3,(H,26,31)(H,29,30). The Kier molecular flexibility index (Phi) is 6.87. The van der Waals surface area contributed by atoms with Gasteiger partial charge >= 0.3 is 12.1 Å². The second-order valence-electron chi connectivity index (χ2n) is 9.30.